The van der Waals surface area contributed by atoms with Crippen LogP contribution >= 0.6 is 0 Å². The molecule has 4 heteroatoms. The fourth-order valence-electron chi connectivity index (χ4n) is 6.83. The number of hydrogen-bond donors (Lipinski definition) is 1. The van der Waals surface area contributed by atoms with Gasteiger partial charge in [0, 0.05) is 42.0 Å². The summed E-state index contributed by atoms with van der Waals surface area (Å²) in [7, 11) is 2.12. The van der Waals surface area contributed by atoms with E-state index >= 15 is 0 Å². The minimum absolute atomic E-state index is 0.375. The van der Waals surface area contributed by atoms with Gasteiger partial charge in [0.05, 0.1) is 12.2 Å². The van der Waals surface area contributed by atoms with Gasteiger partial charge in [-0.15, -0.1) is 5.73 Å². The van der Waals surface area contributed by atoms with Crippen LogP contribution < -0.4 is 5.32 Å². The second-order valence-corrected chi connectivity index (χ2v) is 13.2. The Morgan fingerprint density at radius 2 is 2.00 bits per heavy atom. The quantitative estimate of drug-likeness (QED) is 0.275. The standard InChI is InChI=1S/C40H56N4/c1-8-33-13-9-12-31(5)44-23-21-38(41-7)15-11-16-39(44)26-36-25-37(24-30(4)32(36)6)40-17-10-14-34(28-43-40)18-19-35(29(2)3)20-22-42-27-33/h8-10,12,17,22,24-25,28,31,35,38-39,41H,2,11,13,15-16,18-21,23,26-27H2,1,3-7H3. The lowest BCUT2D eigenvalue weighted by molar-refractivity contribution is 0.134. The molecule has 0 aromatic heterocycles. The third kappa shape index (κ3) is 9.48. The predicted octanol–water partition coefficient (Wildman–Crippen LogP) is 8.91. The molecule has 1 aromatic rings. The highest BCUT2D eigenvalue weighted by atomic mass is 15.2. The van der Waals surface area contributed by atoms with Gasteiger partial charge < -0.3 is 5.32 Å². The first-order valence-electron chi connectivity index (χ1n) is 17.0. The van der Waals surface area contributed by atoms with Crippen LogP contribution in [0.2, 0.25) is 0 Å². The minimum Gasteiger partial charge on any atom is -0.317 e. The SMILES string of the molecule is C=C(C)C1CC=NCC(=CC)CC=CC(C)N2CCC(NC)CCCC2Cc2cc(cc(C)c2C)C2=CC=C=C(C=N2)CC1. The molecule has 0 spiro atoms. The fourth-order valence-corrected chi connectivity index (χ4v) is 6.83. The minimum atomic E-state index is 0.375. The van der Waals surface area contributed by atoms with Crippen molar-refractivity contribution in [1.82, 2.24) is 10.2 Å². The molecule has 4 nitrogen and oxygen atoms in total. The van der Waals surface area contributed by atoms with Crippen LogP contribution in [0.3, 0.4) is 0 Å². The molecule has 1 fully saturated rings. The van der Waals surface area contributed by atoms with Crippen LogP contribution in [-0.4, -0.2) is 55.6 Å². The maximum atomic E-state index is 4.99. The third-order valence-electron chi connectivity index (χ3n) is 10.1. The van der Waals surface area contributed by atoms with Gasteiger partial charge in [-0.25, -0.2) is 0 Å². The molecule has 3 aliphatic rings. The number of fused-ring (bicyclic) bond motifs is 6. The Bertz CT molecular complexity index is 1360. The molecule has 0 radical (unpaired) electrons. The second kappa shape index (κ2) is 16.9. The van der Waals surface area contributed by atoms with Crippen LogP contribution in [0.25, 0.3) is 5.70 Å². The molecule has 4 rings (SSSR count). The normalized spacial score (nSPS) is 26.9. The molecule has 0 aliphatic carbocycles. The van der Waals surface area contributed by atoms with Crippen LogP contribution in [0.15, 0.2) is 81.5 Å². The zero-order valence-corrected chi connectivity index (χ0v) is 28.3. The Hall–Kier alpha value is -3.04. The lowest BCUT2D eigenvalue weighted by Crippen LogP contribution is -2.46. The van der Waals surface area contributed by atoms with Gasteiger partial charge in [0.25, 0.3) is 0 Å². The van der Waals surface area contributed by atoms with Crippen molar-refractivity contribution in [2.24, 2.45) is 15.9 Å². The number of hydrogen-bond acceptors (Lipinski definition) is 4. The topological polar surface area (TPSA) is 40.0 Å². The van der Waals surface area contributed by atoms with E-state index in [1.807, 2.05) is 6.21 Å². The summed E-state index contributed by atoms with van der Waals surface area (Å²) in [6, 6.07) is 6.20. The summed E-state index contributed by atoms with van der Waals surface area (Å²) >= 11 is 0. The average Bonchev–Trinajstić information content (AvgIpc) is 3.24. The number of aliphatic imine (C=N–C) groups is 2. The van der Waals surface area contributed by atoms with Gasteiger partial charge in [0.15, 0.2) is 0 Å². The smallest absolute Gasteiger partial charge is 0.0708 e. The highest BCUT2D eigenvalue weighted by Crippen LogP contribution is 2.29. The molecule has 4 bridgehead atoms. The average molecular weight is 593 g/mol. The maximum Gasteiger partial charge on any atom is 0.0708 e. The summed E-state index contributed by atoms with van der Waals surface area (Å²) in [4.78, 5) is 12.6. The summed E-state index contributed by atoms with van der Waals surface area (Å²) in [6.45, 7) is 17.4. The van der Waals surface area contributed by atoms with E-state index in [0.29, 0.717) is 24.0 Å². The van der Waals surface area contributed by atoms with Gasteiger partial charge in [-0.3, -0.25) is 14.9 Å². The van der Waals surface area contributed by atoms with Crippen molar-refractivity contribution in [1.29, 1.82) is 0 Å². The van der Waals surface area contributed by atoms with E-state index in [9.17, 15) is 0 Å². The molecule has 1 saturated heterocycles. The van der Waals surface area contributed by atoms with Crippen LogP contribution in [0.4, 0.5) is 0 Å². The zero-order chi connectivity index (χ0) is 31.5. The van der Waals surface area contributed by atoms with Crippen LogP contribution in [0.5, 0.6) is 0 Å². The summed E-state index contributed by atoms with van der Waals surface area (Å²) in [6.07, 6.45) is 25.2. The summed E-state index contributed by atoms with van der Waals surface area (Å²) in [5, 5.41) is 3.57. The van der Waals surface area contributed by atoms with Crippen molar-refractivity contribution in [2.75, 3.05) is 20.1 Å². The molecule has 4 unspecified atom stereocenters. The molecular formula is C40H56N4. The maximum absolute atomic E-state index is 4.99. The predicted molar refractivity (Wildman–Crippen MR) is 192 cm³/mol. The Morgan fingerprint density at radius 3 is 2.77 bits per heavy atom. The summed E-state index contributed by atoms with van der Waals surface area (Å²) in [5.41, 5.74) is 13.7. The Kier molecular flexibility index (Phi) is 13.0. The largest absolute Gasteiger partial charge is 0.317 e. The Morgan fingerprint density at radius 1 is 1.16 bits per heavy atom. The molecule has 44 heavy (non-hydrogen) atoms. The van der Waals surface area contributed by atoms with Crippen LogP contribution in [0.1, 0.15) is 94.4 Å². The van der Waals surface area contributed by atoms with Crippen LogP contribution in [0, 0.1) is 19.8 Å². The molecule has 3 aliphatic heterocycles. The highest BCUT2D eigenvalue weighted by molar-refractivity contribution is 5.86. The molecule has 0 saturated carbocycles. The summed E-state index contributed by atoms with van der Waals surface area (Å²) < 4.78 is 0. The molecule has 1 aromatic carbocycles. The second-order valence-electron chi connectivity index (χ2n) is 13.2. The van der Waals surface area contributed by atoms with E-state index in [1.165, 1.54) is 59.1 Å². The van der Waals surface area contributed by atoms with E-state index in [1.54, 1.807) is 0 Å². The number of nitrogens with one attached hydrogen (secondary N) is 1. The van der Waals surface area contributed by atoms with Crippen molar-refractivity contribution in [3.05, 3.63) is 93.8 Å². The number of allylic oxidation sites excluding steroid dienone is 5. The van der Waals surface area contributed by atoms with Crippen molar-refractivity contribution in [2.45, 2.75) is 111 Å². The molecule has 236 valence electrons. The Balaban J connectivity index is 1.69. The number of benzene rings is 1. The molecule has 3 heterocycles. The molecule has 0 amide bonds. The van der Waals surface area contributed by atoms with E-state index in [-0.39, 0.29) is 0 Å². The number of rotatable bonds is 2. The first kappa shape index (κ1) is 33.8. The zero-order valence-electron chi connectivity index (χ0n) is 28.3. The molecule has 1 N–H and O–H groups in total. The first-order chi connectivity index (χ1) is 21.3. The lowest BCUT2D eigenvalue weighted by Gasteiger charge is -2.39. The molecule has 4 atom stereocenters. The van der Waals surface area contributed by atoms with E-state index in [4.69, 9.17) is 9.98 Å². The molecular weight excluding hydrogens is 536 g/mol. The van der Waals surface area contributed by atoms with Crippen molar-refractivity contribution >= 4 is 18.1 Å². The number of nitrogens with zero attached hydrogens (tertiary/aromatic N) is 3. The summed E-state index contributed by atoms with van der Waals surface area (Å²) in [5.74, 6) is 0.403. The van der Waals surface area contributed by atoms with Gasteiger partial charge in [-0.2, -0.15) is 0 Å². The van der Waals surface area contributed by atoms with Gasteiger partial charge >= 0.3 is 0 Å². The van der Waals surface area contributed by atoms with Gasteiger partial charge in [-0.05, 0) is 152 Å². The van der Waals surface area contributed by atoms with Crippen LogP contribution in [-0.2, 0) is 6.42 Å². The van der Waals surface area contributed by atoms with Gasteiger partial charge in [0.2, 0.25) is 0 Å². The first-order valence-corrected chi connectivity index (χ1v) is 17.0. The lowest BCUT2D eigenvalue weighted by atomic mass is 9.89. The van der Waals surface area contributed by atoms with Crippen molar-refractivity contribution in [3.63, 3.8) is 0 Å². The fraction of sp³-hybridized carbons (Fsp3) is 0.525. The van der Waals surface area contributed by atoms with Crippen molar-refractivity contribution in [3.8, 4) is 0 Å². The van der Waals surface area contributed by atoms with E-state index in [0.717, 1.165) is 56.5 Å². The van der Waals surface area contributed by atoms with Gasteiger partial charge in [0.1, 0.15) is 0 Å². The van der Waals surface area contributed by atoms with E-state index in [2.05, 4.69) is 113 Å². The Labute approximate surface area is 268 Å². The van der Waals surface area contributed by atoms with Gasteiger partial charge in [-0.1, -0.05) is 36.8 Å². The van der Waals surface area contributed by atoms with E-state index < -0.39 is 0 Å². The van der Waals surface area contributed by atoms with Crippen molar-refractivity contribution < 1.29 is 0 Å². The third-order valence-corrected chi connectivity index (χ3v) is 10.1. The highest BCUT2D eigenvalue weighted by Gasteiger charge is 2.27. The monoisotopic (exact) mass is 592 g/mol. The number of aryl methyl sites for hydroxylation is 1.